The Labute approximate surface area is 255 Å². The molecule has 0 unspecified atom stereocenters. The lowest BCUT2D eigenvalue weighted by atomic mass is 9.65. The summed E-state index contributed by atoms with van der Waals surface area (Å²) in [7, 11) is 38.2. The number of nitrogens with zero attached hydrogens (tertiary/aromatic N) is 2. The number of benzene rings is 5. The molecule has 0 atom stereocenters. The van der Waals surface area contributed by atoms with Gasteiger partial charge in [0, 0.05) is 48.6 Å². The predicted molar refractivity (Wildman–Crippen MR) is 181 cm³/mol. The topological polar surface area (TPSA) is 49.3 Å². The molecule has 9 rings (SSSR count). The molecule has 4 heterocycles. The quantitative estimate of drug-likeness (QED) is 0.217. The number of halogens is 2. The Bertz CT molecular complexity index is 2560. The Hall–Kier alpha value is -3.73. The van der Waals surface area contributed by atoms with E-state index in [1.807, 2.05) is 33.1 Å². The molecule has 0 saturated carbocycles. The Morgan fingerprint density at radius 1 is 0.452 bits per heavy atom. The van der Waals surface area contributed by atoms with Gasteiger partial charge in [0.15, 0.2) is 11.5 Å². The summed E-state index contributed by atoms with van der Waals surface area (Å²) in [6.45, 7) is 0. The van der Waals surface area contributed by atoms with E-state index in [0.717, 1.165) is 49.0 Å². The number of hydrogen-bond donors (Lipinski definition) is 2. The molecule has 4 nitrogen and oxygen atoms in total. The minimum Gasteiger partial charge on any atom is -0.505 e. The normalized spacial score (nSPS) is 12.8. The fourth-order valence-corrected chi connectivity index (χ4v) is 7.60. The van der Waals surface area contributed by atoms with Crippen LogP contribution in [-0.2, 0) is 0 Å². The van der Waals surface area contributed by atoms with E-state index in [9.17, 15) is 10.2 Å². The first-order chi connectivity index (χ1) is 20.0. The molecule has 182 valence electrons. The average Bonchev–Trinajstić information content (AvgIpc) is 3.69. The summed E-state index contributed by atoms with van der Waals surface area (Å²) in [5, 5.41) is 28.8. The van der Waals surface area contributed by atoms with E-state index in [4.69, 9.17) is 70.3 Å². The van der Waals surface area contributed by atoms with Gasteiger partial charge in [0.2, 0.25) is 0 Å². The highest BCUT2D eigenvalue weighted by Crippen LogP contribution is 2.48. The maximum absolute atomic E-state index is 11.2. The zero-order valence-corrected chi connectivity index (χ0v) is 23.0. The Balaban J connectivity index is 1.61. The third-order valence-corrected chi connectivity index (χ3v) is 9.59. The van der Waals surface area contributed by atoms with E-state index in [0.29, 0.717) is 48.2 Å². The van der Waals surface area contributed by atoms with Gasteiger partial charge in [0.1, 0.15) is 47.1 Å². The second-order valence-corrected chi connectivity index (χ2v) is 11.6. The molecule has 0 aliphatic carbocycles. The standard InChI is InChI=1S/C30H8B6Cl2N2O2/c31-19-17-15-11(37)3-1-7-9-6-14-10(5-13(9)39(25(7)15)27(17)23(35)22(34)21(19)33)8-2-4-12(38)16-18-20(32)24(36)29(41)30(42)28(18)40(14)26(8)16/h1-6,41-42H. The number of fused-ring (bicyclic) bond motifs is 12. The molecule has 0 saturated heterocycles. The van der Waals surface area contributed by atoms with Crippen LogP contribution in [0, 0.1) is 0 Å². The van der Waals surface area contributed by atoms with Crippen molar-refractivity contribution in [1.82, 2.24) is 8.80 Å². The highest BCUT2D eigenvalue weighted by atomic mass is 35.5. The van der Waals surface area contributed by atoms with Gasteiger partial charge in [-0.15, -0.1) is 10.9 Å². The van der Waals surface area contributed by atoms with Crippen molar-refractivity contribution in [2.45, 2.75) is 0 Å². The summed E-state index contributed by atoms with van der Waals surface area (Å²) >= 11 is 13.5. The van der Waals surface area contributed by atoms with Crippen LogP contribution in [0.2, 0.25) is 10.0 Å². The van der Waals surface area contributed by atoms with Crippen molar-refractivity contribution in [3.8, 4) is 11.5 Å². The van der Waals surface area contributed by atoms with Crippen LogP contribution in [0.4, 0.5) is 0 Å². The molecule has 9 aromatic rings. The highest BCUT2D eigenvalue weighted by molar-refractivity contribution is 6.68. The summed E-state index contributed by atoms with van der Waals surface area (Å²) in [6, 6.07) is 11.5. The van der Waals surface area contributed by atoms with E-state index >= 15 is 0 Å². The fourth-order valence-electron chi connectivity index (χ4n) is 7.11. The molecule has 0 bridgehead atoms. The van der Waals surface area contributed by atoms with Crippen molar-refractivity contribution in [2.75, 3.05) is 0 Å². The number of phenols is 2. The van der Waals surface area contributed by atoms with Crippen molar-refractivity contribution >= 4 is 179 Å². The van der Waals surface area contributed by atoms with Crippen molar-refractivity contribution in [2.24, 2.45) is 0 Å². The highest BCUT2D eigenvalue weighted by Gasteiger charge is 2.28. The molecule has 12 heteroatoms. The first-order valence-electron chi connectivity index (χ1n) is 12.9. The molecule has 5 aromatic carbocycles. The second-order valence-electron chi connectivity index (χ2n) is 10.8. The Kier molecular flexibility index (Phi) is 4.50. The summed E-state index contributed by atoms with van der Waals surface area (Å²) in [5.74, 6) is -0.871. The van der Waals surface area contributed by atoms with E-state index < -0.39 is 5.75 Å². The molecule has 0 aliphatic heterocycles. The number of rotatable bonds is 0. The summed E-state index contributed by atoms with van der Waals surface area (Å²) in [6.07, 6.45) is 0. The van der Waals surface area contributed by atoms with Crippen LogP contribution in [0.5, 0.6) is 11.5 Å². The third-order valence-electron chi connectivity index (χ3n) is 8.96. The number of hydrogen-bond acceptors (Lipinski definition) is 2. The maximum atomic E-state index is 11.2. The average molecular weight is 564 g/mol. The molecule has 42 heavy (non-hydrogen) atoms. The lowest BCUT2D eigenvalue weighted by Gasteiger charge is -2.14. The Morgan fingerprint density at radius 3 is 1.45 bits per heavy atom. The van der Waals surface area contributed by atoms with Gasteiger partial charge in [-0.25, -0.2) is 0 Å². The SMILES string of the molecule is [B]c1c([B])c([B])c2c(c1[B])c1c(Cl)ccc3c4cc5c(cc4n2c31)c1ccc(Cl)c2c3c([B])c([B])c(O)c(O)c3n5c12. The number of phenolic OH excluding ortho intramolecular Hbond substituents is 2. The van der Waals surface area contributed by atoms with Crippen LogP contribution in [0.3, 0.4) is 0 Å². The van der Waals surface area contributed by atoms with Gasteiger partial charge in [-0.3, -0.25) is 0 Å². The maximum Gasteiger partial charge on any atom is 0.182 e. The van der Waals surface area contributed by atoms with E-state index in [-0.39, 0.29) is 27.6 Å². The van der Waals surface area contributed by atoms with Gasteiger partial charge < -0.3 is 19.0 Å². The summed E-state index contributed by atoms with van der Waals surface area (Å²) in [4.78, 5) is 0. The lowest BCUT2D eigenvalue weighted by molar-refractivity contribution is 0.410. The van der Waals surface area contributed by atoms with Gasteiger partial charge >= 0.3 is 0 Å². The zero-order valence-electron chi connectivity index (χ0n) is 21.5. The lowest BCUT2D eigenvalue weighted by Crippen LogP contribution is -2.47. The summed E-state index contributed by atoms with van der Waals surface area (Å²) < 4.78 is 3.90. The minimum absolute atomic E-state index is 0.109. The third kappa shape index (κ3) is 2.50. The molecule has 4 aromatic heterocycles. The number of aromatic hydroxyl groups is 2. The second kappa shape index (κ2) is 7.61. The van der Waals surface area contributed by atoms with Gasteiger partial charge in [-0.05, 0) is 24.3 Å². The van der Waals surface area contributed by atoms with Crippen molar-refractivity contribution in [1.29, 1.82) is 0 Å². The van der Waals surface area contributed by atoms with Crippen LogP contribution in [0.15, 0.2) is 36.4 Å². The molecular weight excluding hydrogens is 556 g/mol. The van der Waals surface area contributed by atoms with E-state index in [1.54, 1.807) is 6.07 Å². The zero-order chi connectivity index (χ0) is 29.3. The van der Waals surface area contributed by atoms with E-state index in [2.05, 4.69) is 6.07 Å². The van der Waals surface area contributed by atoms with Crippen LogP contribution in [0.1, 0.15) is 0 Å². The van der Waals surface area contributed by atoms with Gasteiger partial charge in [-0.2, -0.15) is 0 Å². The largest absolute Gasteiger partial charge is 0.505 e. The van der Waals surface area contributed by atoms with Crippen molar-refractivity contribution < 1.29 is 10.2 Å². The molecule has 12 radical (unpaired) electrons. The first-order valence-corrected chi connectivity index (χ1v) is 13.6. The fraction of sp³-hybridized carbons (Fsp3) is 0. The molecular formula is C30H8B6Cl2N2O2. The monoisotopic (exact) mass is 564 g/mol. The van der Waals surface area contributed by atoms with Crippen LogP contribution < -0.4 is 32.8 Å². The molecule has 0 fully saturated rings. The summed E-state index contributed by atoms with van der Waals surface area (Å²) in [5.41, 5.74) is 5.19. The van der Waals surface area contributed by atoms with Gasteiger partial charge in [-0.1, -0.05) is 57.2 Å². The molecule has 2 N–H and O–H groups in total. The van der Waals surface area contributed by atoms with Crippen LogP contribution >= 0.6 is 23.2 Å². The van der Waals surface area contributed by atoms with E-state index in [1.165, 1.54) is 0 Å². The minimum atomic E-state index is -0.488. The molecule has 0 aliphatic rings. The Morgan fingerprint density at radius 2 is 0.905 bits per heavy atom. The van der Waals surface area contributed by atoms with Gasteiger partial charge in [0.25, 0.3) is 0 Å². The predicted octanol–water partition coefficient (Wildman–Crippen LogP) is 1.47. The van der Waals surface area contributed by atoms with Crippen molar-refractivity contribution in [3.63, 3.8) is 0 Å². The van der Waals surface area contributed by atoms with Crippen LogP contribution in [-0.4, -0.2) is 66.1 Å². The number of aromatic nitrogens is 2. The van der Waals surface area contributed by atoms with Crippen LogP contribution in [0.25, 0.3) is 76.2 Å². The molecule has 0 amide bonds. The smallest absolute Gasteiger partial charge is 0.182 e. The molecule has 0 spiro atoms. The first kappa shape index (κ1) is 24.8. The van der Waals surface area contributed by atoms with Gasteiger partial charge in [0.05, 0.1) is 37.6 Å². The van der Waals surface area contributed by atoms with Crippen molar-refractivity contribution in [3.05, 3.63) is 46.4 Å².